The zero-order chi connectivity index (χ0) is 18.5. The average molecular weight is 369 g/mol. The molecule has 1 unspecified atom stereocenters. The van der Waals surface area contributed by atoms with Crippen LogP contribution in [0, 0.1) is 0 Å². The third-order valence-electron chi connectivity index (χ3n) is 4.07. The number of carbonyl (C=O) groups is 2. The lowest BCUT2D eigenvalue weighted by Gasteiger charge is -2.22. The third kappa shape index (κ3) is 4.18. The molecule has 7 heteroatoms. The van der Waals surface area contributed by atoms with Crippen molar-refractivity contribution in [2.45, 2.75) is 19.4 Å². The Bertz CT molecular complexity index is 875. The Kier molecular flexibility index (Phi) is 5.48. The van der Waals surface area contributed by atoms with Crippen LogP contribution in [0.25, 0.3) is 0 Å². The quantitative estimate of drug-likeness (QED) is 0.718. The van der Waals surface area contributed by atoms with E-state index < -0.39 is 0 Å². The van der Waals surface area contributed by atoms with Crippen molar-refractivity contribution < 1.29 is 14.0 Å². The second kappa shape index (κ2) is 7.97. The number of nitrogens with one attached hydrogen (secondary N) is 1. The Labute approximate surface area is 155 Å². The molecule has 3 aromatic rings. The molecule has 0 spiro atoms. The van der Waals surface area contributed by atoms with Gasteiger partial charge in [0, 0.05) is 18.0 Å². The van der Waals surface area contributed by atoms with Crippen LogP contribution >= 0.6 is 11.3 Å². The second-order valence-corrected chi connectivity index (χ2v) is 6.70. The molecule has 0 fully saturated rings. The minimum absolute atomic E-state index is 0.0693. The number of furan rings is 1. The molecule has 0 bridgehead atoms. The average Bonchev–Trinajstić information content (AvgIpc) is 3.33. The number of benzene rings is 1. The Hall–Kier alpha value is -2.93. The van der Waals surface area contributed by atoms with Crippen molar-refractivity contribution in [3.63, 3.8) is 0 Å². The number of hydrogen-bond acceptors (Lipinski definition) is 5. The number of thiazole rings is 1. The van der Waals surface area contributed by atoms with Crippen LogP contribution in [0.5, 0.6) is 0 Å². The second-order valence-electron chi connectivity index (χ2n) is 5.84. The smallest absolute Gasteiger partial charge is 0.257 e. The highest BCUT2D eigenvalue weighted by Gasteiger charge is 2.20. The largest absolute Gasteiger partial charge is 0.467 e. The monoisotopic (exact) mass is 369 g/mol. The fraction of sp³-hybridized carbons (Fsp3) is 0.211. The maximum absolute atomic E-state index is 12.5. The lowest BCUT2D eigenvalue weighted by Crippen LogP contribution is -2.30. The molecular formula is C19H19N3O3S. The van der Waals surface area contributed by atoms with Gasteiger partial charge in [-0.15, -0.1) is 11.3 Å². The molecule has 3 rings (SSSR count). The molecule has 0 aliphatic rings. The van der Waals surface area contributed by atoms with E-state index in [1.165, 1.54) is 11.3 Å². The lowest BCUT2D eigenvalue weighted by molar-refractivity contribution is -0.131. The van der Waals surface area contributed by atoms with Crippen LogP contribution in [0.1, 0.15) is 34.8 Å². The van der Waals surface area contributed by atoms with Crippen molar-refractivity contribution >= 4 is 28.3 Å². The molecule has 0 aliphatic heterocycles. The number of amides is 2. The van der Waals surface area contributed by atoms with E-state index >= 15 is 0 Å². The van der Waals surface area contributed by atoms with Crippen LogP contribution in [-0.4, -0.2) is 28.7 Å². The van der Waals surface area contributed by atoms with Crippen molar-refractivity contribution in [2.24, 2.45) is 0 Å². The minimum Gasteiger partial charge on any atom is -0.467 e. The van der Waals surface area contributed by atoms with Crippen molar-refractivity contribution in [1.82, 2.24) is 9.88 Å². The lowest BCUT2D eigenvalue weighted by atomic mass is 10.2. The maximum atomic E-state index is 12.5. The molecule has 26 heavy (non-hydrogen) atoms. The summed E-state index contributed by atoms with van der Waals surface area (Å²) in [5.41, 5.74) is 1.19. The van der Waals surface area contributed by atoms with E-state index in [1.807, 2.05) is 19.1 Å². The number of carbonyl (C=O) groups excluding carboxylic acids is 2. The summed E-state index contributed by atoms with van der Waals surface area (Å²) in [6.07, 6.45) is 1.76. The first-order valence-electron chi connectivity index (χ1n) is 8.14. The first-order valence-corrected chi connectivity index (χ1v) is 9.02. The summed E-state index contributed by atoms with van der Waals surface area (Å²) >= 11 is 1.30. The minimum atomic E-state index is -0.221. The van der Waals surface area contributed by atoms with Crippen molar-refractivity contribution in [1.29, 1.82) is 0 Å². The first kappa shape index (κ1) is 17.9. The molecule has 134 valence electrons. The van der Waals surface area contributed by atoms with Gasteiger partial charge in [0.15, 0.2) is 5.13 Å². The molecule has 0 saturated carbocycles. The van der Waals surface area contributed by atoms with Gasteiger partial charge in [0.05, 0.1) is 24.4 Å². The number of aromatic nitrogens is 1. The van der Waals surface area contributed by atoms with Gasteiger partial charge in [0.2, 0.25) is 5.91 Å². The van der Waals surface area contributed by atoms with E-state index in [0.717, 1.165) is 5.76 Å². The number of hydrogen-bond donors (Lipinski definition) is 1. The van der Waals surface area contributed by atoms with Gasteiger partial charge in [-0.05, 0) is 31.2 Å². The van der Waals surface area contributed by atoms with Crippen molar-refractivity contribution in [2.75, 3.05) is 12.4 Å². The number of likely N-dealkylation sites (N-methyl/N-ethyl adjacent to an activating group) is 1. The molecule has 1 atom stereocenters. The summed E-state index contributed by atoms with van der Waals surface area (Å²) in [4.78, 5) is 30.6. The summed E-state index contributed by atoms with van der Waals surface area (Å²) in [6, 6.07) is 12.4. The number of rotatable bonds is 6. The fourth-order valence-corrected chi connectivity index (χ4v) is 3.13. The fourth-order valence-electron chi connectivity index (χ4n) is 2.42. The van der Waals surface area contributed by atoms with E-state index in [9.17, 15) is 9.59 Å². The summed E-state index contributed by atoms with van der Waals surface area (Å²) < 4.78 is 5.35. The van der Waals surface area contributed by atoms with Crippen LogP contribution in [0.2, 0.25) is 0 Å². The van der Waals surface area contributed by atoms with E-state index in [-0.39, 0.29) is 24.3 Å². The van der Waals surface area contributed by atoms with Crippen molar-refractivity contribution in [3.8, 4) is 0 Å². The Morgan fingerprint density at radius 2 is 2.00 bits per heavy atom. The zero-order valence-electron chi connectivity index (χ0n) is 14.5. The Morgan fingerprint density at radius 1 is 1.23 bits per heavy atom. The van der Waals surface area contributed by atoms with E-state index in [1.54, 1.807) is 53.9 Å². The highest BCUT2D eigenvalue weighted by Crippen LogP contribution is 2.21. The molecule has 2 aromatic heterocycles. The number of anilines is 1. The van der Waals surface area contributed by atoms with Gasteiger partial charge < -0.3 is 9.32 Å². The predicted molar refractivity (Wildman–Crippen MR) is 100 cm³/mol. The van der Waals surface area contributed by atoms with Gasteiger partial charge in [0.25, 0.3) is 5.91 Å². The van der Waals surface area contributed by atoms with Crippen LogP contribution < -0.4 is 5.32 Å². The van der Waals surface area contributed by atoms with Gasteiger partial charge in [-0.3, -0.25) is 14.9 Å². The topological polar surface area (TPSA) is 75.4 Å². The molecule has 1 N–H and O–H groups in total. The van der Waals surface area contributed by atoms with Crippen LogP contribution in [-0.2, 0) is 11.2 Å². The van der Waals surface area contributed by atoms with Crippen LogP contribution in [0.15, 0.2) is 58.5 Å². The Balaban J connectivity index is 1.59. The standard InChI is InChI=1S/C19H19N3O3S/c1-13(16-9-6-10-25-16)22(2)17(23)11-15-12-26-19(20-15)21-18(24)14-7-4-3-5-8-14/h3-10,12-13H,11H2,1-2H3,(H,20,21,24). The summed E-state index contributed by atoms with van der Waals surface area (Å²) in [6.45, 7) is 1.91. The highest BCUT2D eigenvalue weighted by molar-refractivity contribution is 7.14. The van der Waals surface area contributed by atoms with Gasteiger partial charge in [-0.25, -0.2) is 4.98 Å². The summed E-state index contributed by atoms with van der Waals surface area (Å²) in [5, 5.41) is 5.01. The predicted octanol–water partition coefficient (Wildman–Crippen LogP) is 3.75. The normalized spacial score (nSPS) is 11.8. The molecule has 1 aromatic carbocycles. The van der Waals surface area contributed by atoms with E-state index in [4.69, 9.17) is 4.42 Å². The van der Waals surface area contributed by atoms with Crippen LogP contribution in [0.4, 0.5) is 5.13 Å². The van der Waals surface area contributed by atoms with E-state index in [2.05, 4.69) is 10.3 Å². The van der Waals surface area contributed by atoms with Gasteiger partial charge in [-0.1, -0.05) is 18.2 Å². The zero-order valence-corrected chi connectivity index (χ0v) is 15.3. The molecule has 0 aliphatic carbocycles. The van der Waals surface area contributed by atoms with Gasteiger partial charge >= 0.3 is 0 Å². The van der Waals surface area contributed by atoms with E-state index in [0.29, 0.717) is 16.4 Å². The van der Waals surface area contributed by atoms with Gasteiger partial charge in [0.1, 0.15) is 5.76 Å². The summed E-state index contributed by atoms with van der Waals surface area (Å²) in [7, 11) is 1.74. The maximum Gasteiger partial charge on any atom is 0.257 e. The molecule has 6 nitrogen and oxygen atoms in total. The van der Waals surface area contributed by atoms with Gasteiger partial charge in [-0.2, -0.15) is 0 Å². The Morgan fingerprint density at radius 3 is 2.69 bits per heavy atom. The molecule has 2 amide bonds. The van der Waals surface area contributed by atoms with Crippen molar-refractivity contribution in [3.05, 3.63) is 71.1 Å². The first-order chi connectivity index (χ1) is 12.5. The molecule has 0 radical (unpaired) electrons. The highest BCUT2D eigenvalue weighted by atomic mass is 32.1. The van der Waals surface area contributed by atoms with Crippen LogP contribution in [0.3, 0.4) is 0 Å². The number of nitrogens with zero attached hydrogens (tertiary/aromatic N) is 2. The molecule has 0 saturated heterocycles. The molecular weight excluding hydrogens is 350 g/mol. The SMILES string of the molecule is CC(c1ccco1)N(C)C(=O)Cc1csc(NC(=O)c2ccccc2)n1. The third-order valence-corrected chi connectivity index (χ3v) is 4.88. The molecule has 2 heterocycles. The summed E-state index contributed by atoms with van der Waals surface area (Å²) in [5.74, 6) is 0.441.